The maximum absolute atomic E-state index is 12.5. The number of rotatable bonds is 4. The minimum absolute atomic E-state index is 0. The molecule has 0 bridgehead atoms. The van der Waals surface area contributed by atoms with E-state index in [0.29, 0.717) is 5.75 Å². The summed E-state index contributed by atoms with van der Waals surface area (Å²) in [5.74, 6) is -1.08. The molecular formula is C23H36N2O5S. The normalized spacial score (nSPS) is 28.6. The van der Waals surface area contributed by atoms with Gasteiger partial charge in [-0.15, -0.1) is 0 Å². The highest BCUT2D eigenvalue weighted by atomic mass is 32.1. The summed E-state index contributed by atoms with van der Waals surface area (Å²) >= 11 is 0. The second-order valence-corrected chi connectivity index (χ2v) is 9.01. The number of hydrogen-bond donors (Lipinski definition) is 1. The van der Waals surface area contributed by atoms with Crippen molar-refractivity contribution < 1.29 is 23.8 Å². The maximum atomic E-state index is 12.5. The minimum atomic E-state index is -1.01. The van der Waals surface area contributed by atoms with Gasteiger partial charge in [-0.1, -0.05) is 25.5 Å². The quantitative estimate of drug-likeness (QED) is 0.702. The van der Waals surface area contributed by atoms with Crippen LogP contribution >= 0.6 is 13.5 Å². The van der Waals surface area contributed by atoms with Crippen molar-refractivity contribution in [2.45, 2.75) is 76.7 Å². The average Bonchev–Trinajstić information content (AvgIpc) is 2.86. The zero-order valence-electron chi connectivity index (χ0n) is 19.2. The van der Waals surface area contributed by atoms with Crippen LogP contribution in [-0.2, 0) is 19.7 Å². The molecule has 2 aliphatic rings. The number of amides is 1. The van der Waals surface area contributed by atoms with Gasteiger partial charge in [0.15, 0.2) is 6.04 Å². The van der Waals surface area contributed by atoms with E-state index in [1.807, 2.05) is 12.1 Å². The summed E-state index contributed by atoms with van der Waals surface area (Å²) in [4.78, 5) is 27.1. The van der Waals surface area contributed by atoms with Gasteiger partial charge in [0, 0.05) is 25.8 Å². The van der Waals surface area contributed by atoms with E-state index < -0.39 is 30.0 Å². The molecule has 1 aromatic carbocycles. The van der Waals surface area contributed by atoms with Crippen LogP contribution in [0.15, 0.2) is 24.3 Å². The molecule has 2 aliphatic heterocycles. The van der Waals surface area contributed by atoms with Gasteiger partial charge in [-0.05, 0) is 57.5 Å². The molecular weight excluding hydrogens is 416 g/mol. The number of ether oxygens (including phenoxy) is 3. The fourth-order valence-electron chi connectivity index (χ4n) is 4.61. The van der Waals surface area contributed by atoms with Crippen LogP contribution in [0.3, 0.4) is 0 Å². The van der Waals surface area contributed by atoms with Crippen LogP contribution in [0.1, 0.15) is 58.9 Å². The minimum Gasteiger partial charge on any atom is -0.432 e. The van der Waals surface area contributed by atoms with Crippen molar-refractivity contribution in [2.24, 2.45) is 0 Å². The topological polar surface area (TPSA) is 77.1 Å². The van der Waals surface area contributed by atoms with Crippen LogP contribution < -0.4 is 10.1 Å². The third kappa shape index (κ3) is 6.14. The molecule has 0 radical (unpaired) electrons. The number of esters is 1. The van der Waals surface area contributed by atoms with E-state index >= 15 is 0 Å². The van der Waals surface area contributed by atoms with Crippen LogP contribution in [0.2, 0.25) is 0 Å². The largest absolute Gasteiger partial charge is 0.432 e. The van der Waals surface area contributed by atoms with E-state index in [1.54, 1.807) is 26.8 Å². The number of likely N-dealkylation sites (tertiary alicyclic amines) is 1. The molecule has 8 heteroatoms. The molecule has 0 aromatic heterocycles. The van der Waals surface area contributed by atoms with Gasteiger partial charge in [-0.25, -0.2) is 9.59 Å². The van der Waals surface area contributed by atoms with Crippen LogP contribution in [0.4, 0.5) is 4.79 Å². The van der Waals surface area contributed by atoms with Crippen molar-refractivity contribution in [3.63, 3.8) is 0 Å². The SMILES string of the molecule is CCC1(c2cccc(OC(=O)N[C@@H]3C(=O)OC(C)(C)OC3C)c2)CCCCN(C)C1.S. The average molecular weight is 453 g/mol. The first-order valence-electron chi connectivity index (χ1n) is 10.8. The molecule has 1 amide bonds. The third-order valence-electron chi connectivity index (χ3n) is 6.16. The molecule has 7 nitrogen and oxygen atoms in total. The summed E-state index contributed by atoms with van der Waals surface area (Å²) in [6.45, 7) is 9.36. The molecule has 1 aromatic rings. The lowest BCUT2D eigenvalue weighted by Gasteiger charge is -2.38. The Morgan fingerprint density at radius 3 is 2.74 bits per heavy atom. The summed E-state index contributed by atoms with van der Waals surface area (Å²) in [5, 5.41) is 2.58. The first-order chi connectivity index (χ1) is 14.1. The summed E-state index contributed by atoms with van der Waals surface area (Å²) in [6.07, 6.45) is 3.29. The maximum Gasteiger partial charge on any atom is 0.413 e. The fourth-order valence-corrected chi connectivity index (χ4v) is 4.61. The highest BCUT2D eigenvalue weighted by molar-refractivity contribution is 7.59. The molecule has 1 N–H and O–H groups in total. The molecule has 0 spiro atoms. The summed E-state index contributed by atoms with van der Waals surface area (Å²) in [6, 6.07) is 6.83. The summed E-state index contributed by atoms with van der Waals surface area (Å²) in [5.41, 5.74) is 1.22. The Bertz CT molecular complexity index is 787. The lowest BCUT2D eigenvalue weighted by molar-refractivity contribution is -0.260. The van der Waals surface area contributed by atoms with Gasteiger partial charge < -0.3 is 24.4 Å². The highest BCUT2D eigenvalue weighted by Gasteiger charge is 2.42. The Morgan fingerprint density at radius 2 is 2.06 bits per heavy atom. The number of cyclic esters (lactones) is 1. The van der Waals surface area contributed by atoms with Gasteiger partial charge in [-0.2, -0.15) is 13.5 Å². The third-order valence-corrected chi connectivity index (χ3v) is 6.16. The van der Waals surface area contributed by atoms with Crippen molar-refractivity contribution in [1.82, 2.24) is 10.2 Å². The lowest BCUT2D eigenvalue weighted by Crippen LogP contribution is -2.58. The van der Waals surface area contributed by atoms with Crippen LogP contribution in [0.25, 0.3) is 0 Å². The van der Waals surface area contributed by atoms with E-state index in [-0.39, 0.29) is 18.9 Å². The summed E-state index contributed by atoms with van der Waals surface area (Å²) < 4.78 is 16.4. The van der Waals surface area contributed by atoms with Crippen molar-refractivity contribution >= 4 is 25.6 Å². The molecule has 2 saturated heterocycles. The number of likely N-dealkylation sites (N-methyl/N-ethyl adjacent to an activating group) is 1. The Labute approximate surface area is 192 Å². The van der Waals surface area contributed by atoms with Crippen molar-refractivity contribution in [1.29, 1.82) is 0 Å². The molecule has 3 atom stereocenters. The lowest BCUT2D eigenvalue weighted by atomic mass is 9.74. The number of benzene rings is 1. The van der Waals surface area contributed by atoms with Gasteiger partial charge in [0.2, 0.25) is 5.79 Å². The zero-order valence-corrected chi connectivity index (χ0v) is 20.2. The Hall–Kier alpha value is -1.77. The van der Waals surface area contributed by atoms with Crippen molar-refractivity contribution in [2.75, 3.05) is 20.1 Å². The smallest absolute Gasteiger partial charge is 0.413 e. The van der Waals surface area contributed by atoms with Crippen molar-refractivity contribution in [3.05, 3.63) is 29.8 Å². The van der Waals surface area contributed by atoms with E-state index in [9.17, 15) is 9.59 Å². The molecule has 3 rings (SSSR count). The predicted molar refractivity (Wildman–Crippen MR) is 124 cm³/mol. The number of carbonyl (C=O) groups is 2. The Morgan fingerprint density at radius 1 is 1.32 bits per heavy atom. The first kappa shape index (κ1) is 25.5. The number of nitrogens with one attached hydrogen (secondary N) is 1. The molecule has 0 saturated carbocycles. The van der Waals surface area contributed by atoms with Crippen LogP contribution in [0, 0.1) is 0 Å². The molecule has 2 unspecified atom stereocenters. The molecule has 0 aliphatic carbocycles. The van der Waals surface area contributed by atoms with Gasteiger partial charge in [-0.3, -0.25) is 0 Å². The molecule has 31 heavy (non-hydrogen) atoms. The van der Waals surface area contributed by atoms with E-state index in [2.05, 4.69) is 30.3 Å². The van der Waals surface area contributed by atoms with Crippen LogP contribution in [0.5, 0.6) is 5.75 Å². The van der Waals surface area contributed by atoms with Gasteiger partial charge >= 0.3 is 12.1 Å². The van der Waals surface area contributed by atoms with Gasteiger partial charge in [0.1, 0.15) is 5.75 Å². The molecule has 2 fully saturated rings. The summed E-state index contributed by atoms with van der Waals surface area (Å²) in [7, 11) is 2.16. The van der Waals surface area contributed by atoms with E-state index in [0.717, 1.165) is 25.9 Å². The molecule has 2 heterocycles. The fraction of sp³-hybridized carbons (Fsp3) is 0.652. The second kappa shape index (κ2) is 10.2. The first-order valence-corrected chi connectivity index (χ1v) is 10.8. The zero-order chi connectivity index (χ0) is 21.9. The number of nitrogens with zero attached hydrogens (tertiary/aromatic N) is 1. The van der Waals surface area contributed by atoms with Crippen molar-refractivity contribution in [3.8, 4) is 5.75 Å². The van der Waals surface area contributed by atoms with Crippen LogP contribution in [-0.4, -0.2) is 55.0 Å². The standard InChI is InChI=1S/C23H34N2O5.H2S/c1-6-23(12-7-8-13-25(5)15-23)17-10-9-11-18(14-17)28-21(27)24-19-16(2)29-22(3,4)30-20(19)26;/h9-11,14,16,19H,6-8,12-13,15H2,1-5H3,(H,24,27);1H2/t16?,19-,23?;/m0./s1. The Balaban J connectivity index is 0.00000341. The number of carbonyl (C=O) groups excluding carboxylic acids is 2. The Kier molecular flexibility index (Phi) is 8.41. The monoisotopic (exact) mass is 452 g/mol. The number of hydrogen-bond acceptors (Lipinski definition) is 6. The van der Waals surface area contributed by atoms with E-state index in [1.165, 1.54) is 18.4 Å². The van der Waals surface area contributed by atoms with E-state index in [4.69, 9.17) is 14.2 Å². The van der Waals surface area contributed by atoms with Gasteiger partial charge in [0.05, 0.1) is 6.10 Å². The molecule has 174 valence electrons. The highest BCUT2D eigenvalue weighted by Crippen LogP contribution is 2.37. The predicted octanol–water partition coefficient (Wildman–Crippen LogP) is 3.72. The van der Waals surface area contributed by atoms with Gasteiger partial charge in [0.25, 0.3) is 0 Å². The second-order valence-electron chi connectivity index (χ2n) is 9.01.